The summed E-state index contributed by atoms with van der Waals surface area (Å²) in [5, 5.41) is 3.71. The maximum atomic E-state index is 3.71. The van der Waals surface area contributed by atoms with Gasteiger partial charge in [-0.1, -0.05) is 32.0 Å². The molecule has 1 atom stereocenters. The van der Waals surface area contributed by atoms with Crippen LogP contribution < -0.4 is 10.2 Å². The molecule has 0 saturated carbocycles. The zero-order valence-corrected chi connectivity index (χ0v) is 11.2. The van der Waals surface area contributed by atoms with Crippen molar-refractivity contribution in [2.75, 3.05) is 25.0 Å². The lowest BCUT2D eigenvalue weighted by Crippen LogP contribution is -2.25. The number of fused-ring (bicyclic) bond motifs is 1. The van der Waals surface area contributed by atoms with E-state index in [-0.39, 0.29) is 0 Å². The molecule has 1 heterocycles. The molecule has 0 amide bonds. The Morgan fingerprint density at radius 2 is 2.12 bits per heavy atom. The van der Waals surface area contributed by atoms with Gasteiger partial charge < -0.3 is 10.2 Å². The second-order valence-corrected chi connectivity index (χ2v) is 5.48. The Morgan fingerprint density at radius 3 is 2.88 bits per heavy atom. The first kappa shape index (κ1) is 12.4. The summed E-state index contributed by atoms with van der Waals surface area (Å²) >= 11 is 0. The minimum atomic E-state index is 0.526. The van der Waals surface area contributed by atoms with Crippen LogP contribution in [0, 0.1) is 5.92 Å². The van der Waals surface area contributed by atoms with Crippen LogP contribution >= 0.6 is 0 Å². The molecule has 0 radical (unpaired) electrons. The van der Waals surface area contributed by atoms with Crippen molar-refractivity contribution in [3.63, 3.8) is 0 Å². The normalized spacial score (nSPS) is 20.2. The number of anilines is 1. The Kier molecular flexibility index (Phi) is 4.06. The van der Waals surface area contributed by atoms with Crippen LogP contribution in [0.5, 0.6) is 0 Å². The molecule has 0 fully saturated rings. The fourth-order valence-electron chi connectivity index (χ4n) is 2.53. The van der Waals surface area contributed by atoms with Crippen molar-refractivity contribution in [1.82, 2.24) is 5.32 Å². The SMILES string of the molecule is CC(C)CNC1CCCN(C)c2ccccc21. The molecular weight excluding hydrogens is 208 g/mol. The smallest absolute Gasteiger partial charge is 0.0412 e. The number of benzene rings is 1. The molecule has 0 aromatic heterocycles. The quantitative estimate of drug-likeness (QED) is 0.861. The molecule has 2 nitrogen and oxygen atoms in total. The van der Waals surface area contributed by atoms with E-state index in [9.17, 15) is 0 Å². The maximum Gasteiger partial charge on any atom is 0.0412 e. The van der Waals surface area contributed by atoms with Crippen LogP contribution in [0.25, 0.3) is 0 Å². The predicted octanol–water partition coefficient (Wildman–Crippen LogP) is 3.20. The summed E-state index contributed by atoms with van der Waals surface area (Å²) in [6, 6.07) is 9.33. The number of hydrogen-bond acceptors (Lipinski definition) is 2. The molecule has 2 heteroatoms. The van der Waals surface area contributed by atoms with E-state index in [1.807, 2.05) is 0 Å². The third-order valence-electron chi connectivity index (χ3n) is 3.48. The van der Waals surface area contributed by atoms with Gasteiger partial charge in [0, 0.05) is 25.3 Å². The Labute approximate surface area is 105 Å². The standard InChI is InChI=1S/C15H24N2/c1-12(2)11-16-14-8-6-10-17(3)15-9-5-4-7-13(14)15/h4-5,7,9,12,14,16H,6,8,10-11H2,1-3H3. The summed E-state index contributed by atoms with van der Waals surface area (Å²) < 4.78 is 0. The minimum absolute atomic E-state index is 0.526. The minimum Gasteiger partial charge on any atom is -0.374 e. The number of hydrogen-bond donors (Lipinski definition) is 1. The van der Waals surface area contributed by atoms with E-state index < -0.39 is 0 Å². The highest BCUT2D eigenvalue weighted by Crippen LogP contribution is 2.31. The highest BCUT2D eigenvalue weighted by Gasteiger charge is 2.20. The molecule has 1 aromatic carbocycles. The van der Waals surface area contributed by atoms with Gasteiger partial charge in [0.05, 0.1) is 0 Å². The largest absolute Gasteiger partial charge is 0.374 e. The molecule has 1 N–H and O–H groups in total. The lowest BCUT2D eigenvalue weighted by molar-refractivity contribution is 0.452. The summed E-state index contributed by atoms with van der Waals surface area (Å²) in [4.78, 5) is 2.38. The second-order valence-electron chi connectivity index (χ2n) is 5.48. The van der Waals surface area contributed by atoms with Gasteiger partial charge in [0.25, 0.3) is 0 Å². The van der Waals surface area contributed by atoms with Crippen LogP contribution in [0.4, 0.5) is 5.69 Å². The molecule has 94 valence electrons. The highest BCUT2D eigenvalue weighted by molar-refractivity contribution is 5.55. The summed E-state index contributed by atoms with van der Waals surface area (Å²) in [6.45, 7) is 6.79. The topological polar surface area (TPSA) is 15.3 Å². The Balaban J connectivity index is 2.19. The molecular formula is C15H24N2. The molecule has 2 rings (SSSR count). The van der Waals surface area contributed by atoms with Crippen LogP contribution in [0.2, 0.25) is 0 Å². The Bertz CT molecular complexity index is 360. The average Bonchev–Trinajstić information content (AvgIpc) is 2.47. The van der Waals surface area contributed by atoms with E-state index >= 15 is 0 Å². The van der Waals surface area contributed by atoms with Crippen molar-refractivity contribution in [3.8, 4) is 0 Å². The van der Waals surface area contributed by atoms with Crippen molar-refractivity contribution in [2.45, 2.75) is 32.7 Å². The van der Waals surface area contributed by atoms with Gasteiger partial charge in [0.2, 0.25) is 0 Å². The molecule has 1 aliphatic heterocycles. The van der Waals surface area contributed by atoms with Crippen LogP contribution in [0.3, 0.4) is 0 Å². The van der Waals surface area contributed by atoms with Gasteiger partial charge in [-0.2, -0.15) is 0 Å². The summed E-state index contributed by atoms with van der Waals surface area (Å²) in [5.41, 5.74) is 2.86. The number of para-hydroxylation sites is 1. The summed E-state index contributed by atoms with van der Waals surface area (Å²) in [7, 11) is 2.20. The fraction of sp³-hybridized carbons (Fsp3) is 0.600. The third kappa shape index (κ3) is 3.01. The molecule has 1 aromatic rings. The molecule has 1 aliphatic rings. The lowest BCUT2D eigenvalue weighted by atomic mass is 10.0. The van der Waals surface area contributed by atoms with Crippen molar-refractivity contribution in [2.24, 2.45) is 5.92 Å². The van der Waals surface area contributed by atoms with E-state index in [0.717, 1.165) is 13.1 Å². The van der Waals surface area contributed by atoms with E-state index in [1.165, 1.54) is 24.1 Å². The maximum absolute atomic E-state index is 3.71. The molecule has 0 spiro atoms. The van der Waals surface area contributed by atoms with Gasteiger partial charge >= 0.3 is 0 Å². The Hall–Kier alpha value is -1.02. The van der Waals surface area contributed by atoms with E-state index in [4.69, 9.17) is 0 Å². The molecule has 0 bridgehead atoms. The highest BCUT2D eigenvalue weighted by atomic mass is 15.1. The Morgan fingerprint density at radius 1 is 1.35 bits per heavy atom. The van der Waals surface area contributed by atoms with Gasteiger partial charge in [-0.15, -0.1) is 0 Å². The molecule has 0 saturated heterocycles. The zero-order chi connectivity index (χ0) is 12.3. The molecule has 17 heavy (non-hydrogen) atoms. The first-order valence-electron chi connectivity index (χ1n) is 6.72. The first-order valence-corrected chi connectivity index (χ1v) is 6.72. The number of rotatable bonds is 3. The number of nitrogens with one attached hydrogen (secondary N) is 1. The second kappa shape index (κ2) is 5.54. The van der Waals surface area contributed by atoms with Crippen LogP contribution in [0.15, 0.2) is 24.3 Å². The van der Waals surface area contributed by atoms with Crippen LogP contribution in [-0.4, -0.2) is 20.1 Å². The zero-order valence-electron chi connectivity index (χ0n) is 11.2. The van der Waals surface area contributed by atoms with Gasteiger partial charge in [-0.25, -0.2) is 0 Å². The first-order chi connectivity index (χ1) is 8.18. The monoisotopic (exact) mass is 232 g/mol. The predicted molar refractivity (Wildman–Crippen MR) is 74.5 cm³/mol. The van der Waals surface area contributed by atoms with Gasteiger partial charge in [0.15, 0.2) is 0 Å². The van der Waals surface area contributed by atoms with Crippen LogP contribution in [-0.2, 0) is 0 Å². The van der Waals surface area contributed by atoms with E-state index in [2.05, 4.69) is 55.4 Å². The van der Waals surface area contributed by atoms with Crippen LogP contribution in [0.1, 0.15) is 38.3 Å². The van der Waals surface area contributed by atoms with Crippen molar-refractivity contribution >= 4 is 5.69 Å². The fourth-order valence-corrected chi connectivity index (χ4v) is 2.53. The number of nitrogens with zero attached hydrogens (tertiary/aromatic N) is 1. The summed E-state index contributed by atoms with van der Waals surface area (Å²) in [5.74, 6) is 0.711. The van der Waals surface area contributed by atoms with E-state index in [0.29, 0.717) is 12.0 Å². The van der Waals surface area contributed by atoms with Gasteiger partial charge in [-0.05, 0) is 36.9 Å². The van der Waals surface area contributed by atoms with Gasteiger partial charge in [-0.3, -0.25) is 0 Å². The molecule has 1 unspecified atom stereocenters. The van der Waals surface area contributed by atoms with Gasteiger partial charge in [0.1, 0.15) is 0 Å². The van der Waals surface area contributed by atoms with Crippen molar-refractivity contribution in [3.05, 3.63) is 29.8 Å². The van der Waals surface area contributed by atoms with E-state index in [1.54, 1.807) is 0 Å². The third-order valence-corrected chi connectivity index (χ3v) is 3.48. The lowest BCUT2D eigenvalue weighted by Gasteiger charge is -2.22. The molecule has 0 aliphatic carbocycles. The van der Waals surface area contributed by atoms with Crippen molar-refractivity contribution < 1.29 is 0 Å². The summed E-state index contributed by atoms with van der Waals surface area (Å²) in [6.07, 6.45) is 2.51. The van der Waals surface area contributed by atoms with Crippen molar-refractivity contribution in [1.29, 1.82) is 0 Å². The average molecular weight is 232 g/mol.